The van der Waals surface area contributed by atoms with E-state index >= 15 is 0 Å². The summed E-state index contributed by atoms with van der Waals surface area (Å²) in [7, 11) is 0. The lowest BCUT2D eigenvalue weighted by molar-refractivity contribution is 0.583. The average Bonchev–Trinajstić information content (AvgIpc) is 3.68. The number of para-hydroxylation sites is 1. The Balaban J connectivity index is 1.23. The van der Waals surface area contributed by atoms with E-state index in [1.807, 2.05) is 0 Å². The van der Waals surface area contributed by atoms with Crippen LogP contribution in [0.2, 0.25) is 0 Å². The summed E-state index contributed by atoms with van der Waals surface area (Å²) in [5.74, 6) is 0. The van der Waals surface area contributed by atoms with E-state index < -0.39 is 0 Å². The molecule has 0 amide bonds. The topological polar surface area (TPSA) is 11.4 Å². The van der Waals surface area contributed by atoms with Crippen molar-refractivity contribution in [1.82, 2.24) is 4.57 Å². The largest absolute Gasteiger partial charge is 0.311 e. The standard InChI is InChI=1S/C71H78BN3/c1-66(2,3)45-23-30-51(31-24-45)73(52-32-25-46(26-33-52)67(4,5)6)54-36-37-59-57(42-54)71(16,17)58-40-49(70(13,14)15)41-64-65(58)72(59)60-43-56-55-39-48(69(10,11)12)29-38-61(55)74(50-21-19-18-20-22-50)62(56)44-63(60)75(64)53-34-27-47(28-35-53)68(7,8)9/h18-44H,1-17H3. The second kappa shape index (κ2) is 17.1. The highest BCUT2D eigenvalue weighted by atomic mass is 15.2. The van der Waals surface area contributed by atoms with Crippen molar-refractivity contribution < 1.29 is 0 Å². The number of anilines is 6. The molecule has 380 valence electrons. The van der Waals surface area contributed by atoms with E-state index in [1.165, 1.54) is 99.9 Å². The van der Waals surface area contributed by atoms with Crippen molar-refractivity contribution >= 4 is 79.0 Å². The molecule has 4 heteroatoms. The van der Waals surface area contributed by atoms with Crippen LogP contribution >= 0.6 is 0 Å². The quantitative estimate of drug-likeness (QED) is 0.159. The van der Waals surface area contributed by atoms with Gasteiger partial charge in [0.15, 0.2) is 0 Å². The molecule has 0 aliphatic carbocycles. The lowest BCUT2D eigenvalue weighted by atomic mass is 9.30. The second-order valence-electron chi connectivity index (χ2n) is 27.7. The molecule has 0 N–H and O–H groups in total. The molecule has 0 unspecified atom stereocenters. The van der Waals surface area contributed by atoms with Gasteiger partial charge in [-0.15, -0.1) is 0 Å². The summed E-state index contributed by atoms with van der Waals surface area (Å²) in [6.45, 7) is 39.8. The van der Waals surface area contributed by atoms with Crippen LogP contribution in [-0.4, -0.2) is 11.3 Å². The molecule has 2 aliphatic heterocycles. The Morgan fingerprint density at radius 1 is 0.373 bits per heavy atom. The third-order valence-corrected chi connectivity index (χ3v) is 16.8. The molecule has 0 fully saturated rings. The number of rotatable bonds is 5. The fourth-order valence-electron chi connectivity index (χ4n) is 12.2. The molecular formula is C71H78BN3. The Kier molecular flexibility index (Phi) is 11.5. The number of hydrogen-bond acceptors (Lipinski definition) is 2. The van der Waals surface area contributed by atoms with Crippen LogP contribution < -0.4 is 26.2 Å². The first-order valence-electron chi connectivity index (χ1n) is 27.5. The molecule has 1 aromatic heterocycles. The highest BCUT2D eigenvalue weighted by molar-refractivity contribution is 6.99. The van der Waals surface area contributed by atoms with Gasteiger partial charge in [-0.1, -0.05) is 202 Å². The van der Waals surface area contributed by atoms with Crippen LogP contribution in [0, 0.1) is 0 Å². The van der Waals surface area contributed by atoms with Gasteiger partial charge < -0.3 is 14.4 Å². The summed E-state index contributed by atoms with van der Waals surface area (Å²) < 4.78 is 2.51. The number of nitrogens with zero attached hydrogens (tertiary/aromatic N) is 3. The minimum Gasteiger partial charge on any atom is -0.311 e. The minimum atomic E-state index is -0.348. The van der Waals surface area contributed by atoms with Gasteiger partial charge in [-0.3, -0.25) is 0 Å². The van der Waals surface area contributed by atoms with Crippen molar-refractivity contribution in [1.29, 1.82) is 0 Å². The zero-order valence-electron chi connectivity index (χ0n) is 48.0. The fourth-order valence-corrected chi connectivity index (χ4v) is 12.2. The van der Waals surface area contributed by atoms with Crippen LogP contribution in [0.4, 0.5) is 34.1 Å². The van der Waals surface area contributed by atoms with Gasteiger partial charge in [0.05, 0.1) is 11.0 Å². The molecule has 0 bridgehead atoms. The maximum atomic E-state index is 2.62. The van der Waals surface area contributed by atoms with Crippen molar-refractivity contribution in [3.63, 3.8) is 0 Å². The molecule has 0 spiro atoms. The summed E-state index contributed by atoms with van der Waals surface area (Å²) in [4.78, 5) is 5.10. The van der Waals surface area contributed by atoms with Crippen molar-refractivity contribution in [3.8, 4) is 5.69 Å². The van der Waals surface area contributed by atoms with Crippen LogP contribution in [0.15, 0.2) is 164 Å². The van der Waals surface area contributed by atoms with Crippen LogP contribution in [-0.2, 0) is 32.5 Å². The molecule has 2 aliphatic rings. The average molecular weight is 984 g/mol. The fraction of sp³-hybridized carbons (Fsp3) is 0.324. The summed E-state index contributed by atoms with van der Waals surface area (Å²) >= 11 is 0. The Labute approximate surface area is 449 Å². The van der Waals surface area contributed by atoms with Crippen molar-refractivity contribution in [3.05, 3.63) is 203 Å². The third-order valence-electron chi connectivity index (χ3n) is 16.8. The molecule has 3 heterocycles. The van der Waals surface area contributed by atoms with Crippen LogP contribution in [0.1, 0.15) is 157 Å². The third kappa shape index (κ3) is 8.52. The Hall–Kier alpha value is -6.78. The normalized spacial score (nSPS) is 14.5. The van der Waals surface area contributed by atoms with Gasteiger partial charge >= 0.3 is 0 Å². The highest BCUT2D eigenvalue weighted by Gasteiger charge is 2.47. The first kappa shape index (κ1) is 50.4. The van der Waals surface area contributed by atoms with Crippen molar-refractivity contribution in [2.24, 2.45) is 0 Å². The maximum Gasteiger partial charge on any atom is 0.247 e. The molecule has 3 nitrogen and oxygen atoms in total. The van der Waals surface area contributed by atoms with E-state index in [0.717, 1.165) is 17.1 Å². The van der Waals surface area contributed by atoms with E-state index in [1.54, 1.807) is 0 Å². The molecule has 0 atom stereocenters. The molecule has 0 radical (unpaired) electrons. The summed E-state index contributed by atoms with van der Waals surface area (Å²) in [5, 5.41) is 2.57. The second-order valence-corrected chi connectivity index (χ2v) is 27.7. The molecular weight excluding hydrogens is 906 g/mol. The Morgan fingerprint density at radius 3 is 1.40 bits per heavy atom. The first-order valence-corrected chi connectivity index (χ1v) is 27.5. The lowest BCUT2D eigenvalue weighted by Gasteiger charge is -2.46. The van der Waals surface area contributed by atoms with Crippen LogP contribution in [0.5, 0.6) is 0 Å². The Morgan fingerprint density at radius 2 is 0.867 bits per heavy atom. The van der Waals surface area contributed by atoms with Gasteiger partial charge in [0.2, 0.25) is 6.71 Å². The van der Waals surface area contributed by atoms with E-state index in [4.69, 9.17) is 0 Å². The Bertz CT molecular complexity index is 3610. The molecule has 0 saturated heterocycles. The number of hydrogen-bond donors (Lipinski definition) is 0. The van der Waals surface area contributed by atoms with Gasteiger partial charge in [0.25, 0.3) is 0 Å². The van der Waals surface area contributed by atoms with Crippen LogP contribution in [0.3, 0.4) is 0 Å². The summed E-state index contributed by atoms with van der Waals surface area (Å²) in [6.07, 6.45) is 0. The van der Waals surface area contributed by atoms with Gasteiger partial charge in [-0.25, -0.2) is 0 Å². The summed E-state index contributed by atoms with van der Waals surface area (Å²) in [5.41, 5.74) is 24.0. The highest BCUT2D eigenvalue weighted by Crippen LogP contribution is 2.48. The minimum absolute atomic E-state index is 0.0130. The van der Waals surface area contributed by atoms with Crippen molar-refractivity contribution in [2.75, 3.05) is 9.80 Å². The zero-order valence-corrected chi connectivity index (χ0v) is 48.0. The molecule has 0 saturated carbocycles. The van der Waals surface area contributed by atoms with E-state index in [-0.39, 0.29) is 39.2 Å². The smallest absolute Gasteiger partial charge is 0.247 e. The van der Waals surface area contributed by atoms with Crippen LogP contribution in [0.25, 0.3) is 27.5 Å². The van der Waals surface area contributed by atoms with E-state index in [9.17, 15) is 0 Å². The van der Waals surface area contributed by atoms with Crippen molar-refractivity contribution in [2.45, 2.75) is 150 Å². The van der Waals surface area contributed by atoms with E-state index in [2.05, 4.69) is 296 Å². The van der Waals surface area contributed by atoms with Gasteiger partial charge in [0.1, 0.15) is 0 Å². The SMILES string of the molecule is CC(C)(C)c1ccc(N(c2ccc(C(C)(C)C)cc2)c2ccc3c(c2)C(C)(C)c2cc(C(C)(C)C)cc4c2B3c2cc3c5cc(C(C)(C)C)ccc5n(-c5ccccc5)c3cc2N4c2ccc(C(C)(C)C)cc2)cc1. The number of aromatic nitrogens is 1. The zero-order chi connectivity index (χ0) is 53.5. The first-order chi connectivity index (χ1) is 35.1. The molecule has 11 rings (SSSR count). The van der Waals surface area contributed by atoms with Gasteiger partial charge in [-0.05, 0) is 162 Å². The predicted octanol–water partition coefficient (Wildman–Crippen LogP) is 17.7. The van der Waals surface area contributed by atoms with Gasteiger partial charge in [-0.2, -0.15) is 0 Å². The maximum absolute atomic E-state index is 2.62. The molecule has 9 aromatic rings. The lowest BCUT2D eigenvalue weighted by Crippen LogP contribution is -2.64. The molecule has 75 heavy (non-hydrogen) atoms. The monoisotopic (exact) mass is 984 g/mol. The number of benzene rings is 8. The number of fused-ring (bicyclic) bond motifs is 7. The van der Waals surface area contributed by atoms with E-state index in [0.29, 0.717) is 0 Å². The van der Waals surface area contributed by atoms with Gasteiger partial charge in [0, 0.05) is 56.0 Å². The summed E-state index contributed by atoms with van der Waals surface area (Å²) in [6, 6.07) is 63.9. The predicted molar refractivity (Wildman–Crippen MR) is 327 cm³/mol. The molecule has 8 aromatic carbocycles.